The highest BCUT2D eigenvalue weighted by atomic mass is 79.9. The lowest BCUT2D eigenvalue weighted by Crippen LogP contribution is -2.92. The van der Waals surface area contributed by atoms with Crippen LogP contribution in [0.25, 0.3) is 0 Å². The number of carbonyl (C=O) groups excluding carboxylic acids is 3. The van der Waals surface area contributed by atoms with Crippen molar-refractivity contribution in [2.75, 3.05) is 59.5 Å². The second kappa shape index (κ2) is 37.3. The smallest absolute Gasteiger partial charge is 0.462 e. The van der Waals surface area contributed by atoms with E-state index in [9.17, 15) is 14.4 Å². The van der Waals surface area contributed by atoms with Crippen molar-refractivity contribution in [2.24, 2.45) is 0 Å². The third-order valence-corrected chi connectivity index (χ3v) is 59.7. The molecule has 3 saturated heterocycles. The number of hydrogen-bond acceptors (Lipinski definition) is 21. The summed E-state index contributed by atoms with van der Waals surface area (Å²) in [6.45, 7) is 24.8. The number of halogens is 3. The Morgan fingerprint density at radius 1 is 0.284 bits per heavy atom. The topological polar surface area (TPSA) is 217 Å². The van der Waals surface area contributed by atoms with E-state index in [1.165, 1.54) is 0 Å². The van der Waals surface area contributed by atoms with Crippen LogP contribution in [-0.2, 0) is 92.2 Å². The van der Waals surface area contributed by atoms with E-state index < -0.39 is 117 Å². The zero-order valence-electron chi connectivity index (χ0n) is 64.0. The number of alkyl halides is 3. The van der Waals surface area contributed by atoms with E-state index in [1.807, 2.05) is 212 Å². The molecule has 0 radical (unpaired) electrons. The van der Waals surface area contributed by atoms with Crippen LogP contribution in [0.4, 0.5) is 0 Å². The summed E-state index contributed by atoms with van der Waals surface area (Å²) in [6, 6.07) is 69.0. The normalized spacial score (nSPS) is 24.2. The Labute approximate surface area is 678 Å². The molecular weight excluding hydrogens is 1760 g/mol. The summed E-state index contributed by atoms with van der Waals surface area (Å²) < 4.78 is 136. The van der Waals surface area contributed by atoms with Crippen molar-refractivity contribution < 1.29 is 92.2 Å². The van der Waals surface area contributed by atoms with Gasteiger partial charge in [0, 0.05) is 56.1 Å². The van der Waals surface area contributed by atoms with Crippen molar-refractivity contribution in [3.05, 3.63) is 212 Å². The lowest BCUT2D eigenvalue weighted by atomic mass is 10.2. The number of hydrogen-bond donors (Lipinski definition) is 0. The number of esters is 3. The predicted molar refractivity (Wildman–Crippen MR) is 451 cm³/mol. The first-order valence-corrected chi connectivity index (χ1v) is 60.5. The minimum absolute atomic E-state index is 0.0692. The van der Waals surface area contributed by atoms with Crippen LogP contribution >= 0.6 is 47.8 Å². The van der Waals surface area contributed by atoms with Gasteiger partial charge in [-0.1, -0.05) is 260 Å². The third kappa shape index (κ3) is 23.0. The first kappa shape index (κ1) is 87.3. The maximum Gasteiger partial charge on any atom is 0.515 e. The lowest BCUT2D eigenvalue weighted by Gasteiger charge is -2.59. The largest absolute Gasteiger partial charge is 0.515 e. The van der Waals surface area contributed by atoms with E-state index >= 15 is 0 Å². The quantitative estimate of drug-likeness (QED) is 0.0116. The first-order valence-electron chi connectivity index (χ1n) is 36.7. The lowest BCUT2D eigenvalue weighted by molar-refractivity contribution is -0.147. The summed E-state index contributed by atoms with van der Waals surface area (Å²) in [4.78, 5) is 38.2. The Morgan fingerprint density at radius 3 is 0.661 bits per heavy atom. The van der Waals surface area contributed by atoms with Crippen LogP contribution in [0.3, 0.4) is 0 Å². The monoisotopic (exact) mass is 1850 g/mol. The van der Waals surface area contributed by atoms with E-state index in [0.717, 1.165) is 0 Å². The van der Waals surface area contributed by atoms with Gasteiger partial charge in [-0.25, -0.2) is 0 Å². The standard InChI is InChI=1S/C75H101Br3O21Si10/c1-73(2,76)70(79)85-57-54-82-51-34-60-100(7,8)88-103(63-37-20-13-21-38-63)91-106(66-43-26-16-27-44-66)93-104(64-39-22-14-23-40-64,89-101(9,10)61-35-52-83-55-58-86-71(80)74(3,4)77)95-108(68-47-30-18-31-48-68)96-105(65-41-24-15-25-42-65,90-102(11,12)62-36-53-84-56-59-87-72(81)75(5,6)78)94-107(92-103,67-45-28-17-29-46-67)98-109(97-106,99-108)69-49-32-19-33-50-69/h13-33,37-50H,34-36,51-62H2,1-12H3. The van der Waals surface area contributed by atoms with Crippen LogP contribution in [0.15, 0.2) is 212 Å². The average molecular weight is 1860 g/mol. The number of ether oxygens (including phenoxy) is 6. The summed E-state index contributed by atoms with van der Waals surface area (Å²) >= 11 is 10.2. The molecule has 3 heterocycles. The van der Waals surface area contributed by atoms with Crippen molar-refractivity contribution >= 4 is 189 Å². The van der Waals surface area contributed by atoms with Crippen molar-refractivity contribution in [3.8, 4) is 0 Å². The van der Waals surface area contributed by atoms with Gasteiger partial charge in [-0.2, -0.15) is 0 Å². The van der Waals surface area contributed by atoms with Crippen LogP contribution < -0.4 is 36.3 Å². The highest BCUT2D eigenvalue weighted by Crippen LogP contribution is 2.46. The fourth-order valence-electron chi connectivity index (χ4n) is 12.2. The van der Waals surface area contributed by atoms with E-state index in [2.05, 4.69) is 87.1 Å². The summed E-state index contributed by atoms with van der Waals surface area (Å²) in [5.41, 5.74) is 0. The molecule has 3 aliphatic heterocycles. The predicted octanol–water partition coefficient (Wildman–Crippen LogP) is 11.1. The zero-order valence-corrected chi connectivity index (χ0v) is 78.8. The maximum absolute atomic E-state index is 12.7. The molecule has 0 atom stereocenters. The average Bonchev–Trinajstić information content (AvgIpc) is 0.682. The molecule has 0 aromatic heterocycles. The van der Waals surface area contributed by atoms with E-state index in [0.29, 0.717) is 93.5 Å². The number of fused-ring (bicyclic) bond motifs is 3. The molecular formula is C75H101Br3O21Si10. The molecule has 4 bridgehead atoms. The molecule has 3 fully saturated rings. The molecule has 109 heavy (non-hydrogen) atoms. The molecule has 0 N–H and O–H groups in total. The van der Waals surface area contributed by atoms with Crippen molar-refractivity contribution in [3.63, 3.8) is 0 Å². The van der Waals surface area contributed by atoms with E-state index in [1.54, 1.807) is 41.5 Å². The zero-order chi connectivity index (χ0) is 78.4. The summed E-state index contributed by atoms with van der Waals surface area (Å²) in [6.07, 6.45) is 1.59. The Balaban J connectivity index is 1.26. The molecule has 588 valence electrons. The number of carbonyl (C=O) groups is 3. The Bertz CT molecular complexity index is 3650. The van der Waals surface area contributed by atoms with Crippen molar-refractivity contribution in [1.82, 2.24) is 0 Å². The fraction of sp³-hybridized carbons (Fsp3) is 0.400. The maximum atomic E-state index is 12.7. The minimum Gasteiger partial charge on any atom is -0.462 e. The van der Waals surface area contributed by atoms with Crippen molar-refractivity contribution in [2.45, 2.75) is 131 Å². The summed E-state index contributed by atoms with van der Waals surface area (Å²) in [5, 5.41) is 3.54. The van der Waals surface area contributed by atoms with Gasteiger partial charge in [0.05, 0.1) is 19.8 Å². The van der Waals surface area contributed by atoms with Gasteiger partial charge < -0.3 is 77.8 Å². The van der Waals surface area contributed by atoms with E-state index in [-0.39, 0.29) is 39.6 Å². The van der Waals surface area contributed by atoms with Gasteiger partial charge in [0.25, 0.3) is 0 Å². The van der Waals surface area contributed by atoms with Gasteiger partial charge in [-0.3, -0.25) is 14.4 Å². The van der Waals surface area contributed by atoms with Crippen LogP contribution in [0.2, 0.25) is 57.4 Å². The van der Waals surface area contributed by atoms with Crippen molar-refractivity contribution in [1.29, 1.82) is 0 Å². The second-order valence-electron chi connectivity index (χ2n) is 29.9. The fourth-order valence-corrected chi connectivity index (χ4v) is 63.7. The van der Waals surface area contributed by atoms with Crippen LogP contribution in [0.5, 0.6) is 0 Å². The van der Waals surface area contributed by atoms with Crippen LogP contribution in [0.1, 0.15) is 60.8 Å². The molecule has 7 aromatic rings. The van der Waals surface area contributed by atoms with Crippen LogP contribution in [-0.4, -0.2) is 177 Å². The van der Waals surface area contributed by atoms with Gasteiger partial charge in [-0.15, -0.1) is 0 Å². The number of rotatable bonds is 37. The minimum atomic E-state index is -5.19. The Hall–Kier alpha value is -4.04. The van der Waals surface area contributed by atoms with Gasteiger partial charge in [0.2, 0.25) is 0 Å². The molecule has 21 nitrogen and oxygen atoms in total. The Morgan fingerprint density at radius 2 is 0.468 bits per heavy atom. The molecule has 0 spiro atoms. The van der Waals surface area contributed by atoms with Gasteiger partial charge in [0.15, 0.2) is 25.0 Å². The Kier molecular flexibility index (Phi) is 29.9. The molecule has 0 amide bonds. The third-order valence-electron chi connectivity index (χ3n) is 17.6. The highest BCUT2D eigenvalue weighted by molar-refractivity contribution is 9.10. The molecule has 3 aliphatic rings. The summed E-state index contributed by atoms with van der Waals surface area (Å²) in [7, 11) is -45.8. The number of benzene rings is 7. The molecule has 0 unspecified atom stereocenters. The van der Waals surface area contributed by atoms with Gasteiger partial charge in [0.1, 0.15) is 32.8 Å². The first-order chi connectivity index (χ1) is 51.6. The SMILES string of the molecule is CC(C)(Br)C(=O)OCCOCCC[Si](C)(C)O[Si]1(c2ccccc2)O[Si]2(c3ccccc3)O[Si](O[Si](C)(C)CCCOCCOC(=O)C(C)(C)Br)(c3ccccc3)O[Si]3(c4ccccc4)O[Si](O[Si](C)(C)CCCOCCOC(=O)C(C)(C)Br)(c4ccccc4)O[Si](c4ccccc4)(O1)O[Si](c1ccccc1)(O2)O3. The molecule has 0 saturated carbocycles. The summed E-state index contributed by atoms with van der Waals surface area (Å²) in [5.74, 6) is -1.18. The molecule has 10 rings (SSSR count). The molecule has 34 heteroatoms. The highest BCUT2D eigenvalue weighted by Gasteiger charge is 2.81. The van der Waals surface area contributed by atoms with Gasteiger partial charge >= 0.3 is 79.5 Å². The van der Waals surface area contributed by atoms with Gasteiger partial charge in [-0.05, 0) is 118 Å². The molecule has 7 aromatic carbocycles. The second-order valence-corrected chi connectivity index (χ2v) is 69.6. The van der Waals surface area contributed by atoms with E-state index in [4.69, 9.17) is 77.8 Å². The molecule has 0 aliphatic carbocycles. The van der Waals surface area contributed by atoms with Crippen LogP contribution in [0, 0.1) is 0 Å².